The van der Waals surface area contributed by atoms with E-state index in [0.29, 0.717) is 19.5 Å². The van der Waals surface area contributed by atoms with Crippen LogP contribution in [0.25, 0.3) is 0 Å². The van der Waals surface area contributed by atoms with Crippen LogP contribution in [-0.4, -0.2) is 43.1 Å². The maximum atomic E-state index is 11.8. The quantitative estimate of drug-likeness (QED) is 0.605. The number of hydrogen-bond donors (Lipinski definition) is 2. The van der Waals surface area contributed by atoms with Gasteiger partial charge < -0.3 is 10.4 Å². The molecule has 2 atom stereocenters. The number of hydrogen-bond acceptors (Lipinski definition) is 4. The number of sulfone groups is 1. The third kappa shape index (κ3) is 1.10. The summed E-state index contributed by atoms with van der Waals surface area (Å²) in [6.45, 7) is 0.898. The molecule has 0 saturated carbocycles. The standard InChI is InChI=1S/C8H13NO4S/c10-7(11)6-1-4-14(12,13)8(6)2-3-9-5-8/h6,9H,1-5H2,(H,10,11)/t6-,8-/m1/s1. The van der Waals surface area contributed by atoms with Gasteiger partial charge in [0, 0.05) is 6.54 Å². The number of rotatable bonds is 1. The van der Waals surface area contributed by atoms with Gasteiger partial charge in [-0.1, -0.05) is 0 Å². The Bertz CT molecular complexity index is 356. The molecule has 0 radical (unpaired) electrons. The SMILES string of the molecule is O=C(O)[C@H]1CCS(=O)(=O)[C@@]12CCNC2. The van der Waals surface area contributed by atoms with Crippen LogP contribution in [0.1, 0.15) is 12.8 Å². The van der Waals surface area contributed by atoms with E-state index in [9.17, 15) is 13.2 Å². The van der Waals surface area contributed by atoms with E-state index in [1.165, 1.54) is 0 Å². The minimum Gasteiger partial charge on any atom is -0.481 e. The van der Waals surface area contributed by atoms with E-state index in [1.54, 1.807) is 0 Å². The van der Waals surface area contributed by atoms with Gasteiger partial charge in [0.05, 0.1) is 16.4 Å². The van der Waals surface area contributed by atoms with Crippen molar-refractivity contribution in [3.8, 4) is 0 Å². The molecule has 0 bridgehead atoms. The molecule has 0 unspecified atom stereocenters. The summed E-state index contributed by atoms with van der Waals surface area (Å²) in [7, 11) is -3.22. The summed E-state index contributed by atoms with van der Waals surface area (Å²) in [6.07, 6.45) is 0.700. The Balaban J connectivity index is 2.44. The summed E-state index contributed by atoms with van der Waals surface area (Å²) in [5.74, 6) is -1.68. The van der Waals surface area contributed by atoms with Crippen LogP contribution in [-0.2, 0) is 14.6 Å². The molecule has 2 saturated heterocycles. The molecule has 80 valence electrons. The van der Waals surface area contributed by atoms with Gasteiger partial charge in [-0.2, -0.15) is 0 Å². The lowest BCUT2D eigenvalue weighted by Gasteiger charge is -2.25. The van der Waals surface area contributed by atoms with Crippen molar-refractivity contribution in [2.75, 3.05) is 18.8 Å². The fraction of sp³-hybridized carbons (Fsp3) is 0.875. The van der Waals surface area contributed by atoms with E-state index < -0.39 is 26.5 Å². The van der Waals surface area contributed by atoms with E-state index in [4.69, 9.17) is 5.11 Å². The van der Waals surface area contributed by atoms with E-state index in [1.807, 2.05) is 0 Å². The van der Waals surface area contributed by atoms with Crippen LogP contribution in [0.3, 0.4) is 0 Å². The van der Waals surface area contributed by atoms with Gasteiger partial charge in [-0.05, 0) is 19.4 Å². The van der Waals surface area contributed by atoms with Crippen molar-refractivity contribution in [2.24, 2.45) is 5.92 Å². The average Bonchev–Trinajstić information content (AvgIpc) is 2.61. The highest BCUT2D eigenvalue weighted by Crippen LogP contribution is 2.42. The zero-order valence-corrected chi connectivity index (χ0v) is 8.51. The second-order valence-electron chi connectivity index (χ2n) is 3.99. The Morgan fingerprint density at radius 1 is 1.50 bits per heavy atom. The van der Waals surface area contributed by atoms with E-state index in [2.05, 4.69) is 5.32 Å². The Labute approximate surface area is 82.4 Å². The second kappa shape index (κ2) is 2.93. The Hall–Kier alpha value is -0.620. The van der Waals surface area contributed by atoms with Gasteiger partial charge in [-0.25, -0.2) is 8.42 Å². The van der Waals surface area contributed by atoms with Crippen molar-refractivity contribution in [2.45, 2.75) is 17.6 Å². The number of carboxylic acid groups (broad SMARTS) is 1. The Morgan fingerprint density at radius 2 is 2.21 bits per heavy atom. The molecule has 0 aliphatic carbocycles. The van der Waals surface area contributed by atoms with Gasteiger partial charge in [-0.3, -0.25) is 4.79 Å². The first-order chi connectivity index (χ1) is 6.50. The van der Waals surface area contributed by atoms with Crippen molar-refractivity contribution >= 4 is 15.8 Å². The van der Waals surface area contributed by atoms with Gasteiger partial charge >= 0.3 is 5.97 Å². The maximum Gasteiger partial charge on any atom is 0.308 e. The van der Waals surface area contributed by atoms with Crippen LogP contribution in [0.2, 0.25) is 0 Å². The maximum absolute atomic E-state index is 11.8. The molecule has 2 N–H and O–H groups in total. The first-order valence-corrected chi connectivity index (χ1v) is 6.31. The smallest absolute Gasteiger partial charge is 0.308 e. The van der Waals surface area contributed by atoms with Crippen molar-refractivity contribution < 1.29 is 18.3 Å². The summed E-state index contributed by atoms with van der Waals surface area (Å²) < 4.78 is 22.6. The van der Waals surface area contributed by atoms with E-state index in [0.717, 1.165) is 0 Å². The number of nitrogens with one attached hydrogen (secondary N) is 1. The summed E-state index contributed by atoms with van der Waals surface area (Å²) in [5, 5.41) is 11.9. The molecule has 2 aliphatic heterocycles. The van der Waals surface area contributed by atoms with Crippen LogP contribution < -0.4 is 5.32 Å². The van der Waals surface area contributed by atoms with Gasteiger partial charge in [0.25, 0.3) is 0 Å². The minimum atomic E-state index is -3.22. The highest BCUT2D eigenvalue weighted by molar-refractivity contribution is 7.93. The largest absolute Gasteiger partial charge is 0.481 e. The molecule has 1 spiro atoms. The van der Waals surface area contributed by atoms with Crippen LogP contribution in [0, 0.1) is 5.92 Å². The van der Waals surface area contributed by atoms with Gasteiger partial charge in [0.1, 0.15) is 0 Å². The highest BCUT2D eigenvalue weighted by atomic mass is 32.2. The van der Waals surface area contributed by atoms with Gasteiger partial charge in [0.2, 0.25) is 0 Å². The van der Waals surface area contributed by atoms with Crippen LogP contribution >= 0.6 is 0 Å². The molecule has 2 fully saturated rings. The molecule has 5 nitrogen and oxygen atoms in total. The predicted octanol–water partition coefficient (Wildman–Crippen LogP) is -0.762. The molecule has 2 heterocycles. The number of aliphatic carboxylic acids is 1. The third-order valence-electron chi connectivity index (χ3n) is 3.38. The van der Waals surface area contributed by atoms with Crippen molar-refractivity contribution in [1.29, 1.82) is 0 Å². The third-order valence-corrected chi connectivity index (χ3v) is 6.02. The molecular formula is C8H13NO4S. The summed E-state index contributed by atoms with van der Waals surface area (Å²) in [5.41, 5.74) is 0. The van der Waals surface area contributed by atoms with Gasteiger partial charge in [0.15, 0.2) is 9.84 Å². The molecule has 6 heteroatoms. The molecule has 0 amide bonds. The zero-order chi connectivity index (χ0) is 10.4. The summed E-state index contributed by atoms with van der Waals surface area (Å²) in [4.78, 5) is 11.0. The summed E-state index contributed by atoms with van der Waals surface area (Å²) in [6, 6.07) is 0. The molecule has 14 heavy (non-hydrogen) atoms. The van der Waals surface area contributed by atoms with Crippen molar-refractivity contribution in [1.82, 2.24) is 5.32 Å². The van der Waals surface area contributed by atoms with Crippen LogP contribution in [0.15, 0.2) is 0 Å². The number of carboxylic acids is 1. The lowest BCUT2D eigenvalue weighted by Crippen LogP contribution is -2.45. The zero-order valence-electron chi connectivity index (χ0n) is 7.69. The molecule has 2 aliphatic rings. The minimum absolute atomic E-state index is 0.0195. The topological polar surface area (TPSA) is 83.5 Å². The van der Waals surface area contributed by atoms with Crippen molar-refractivity contribution in [3.63, 3.8) is 0 Å². The lowest BCUT2D eigenvalue weighted by atomic mass is 9.89. The Kier molecular flexibility index (Phi) is 2.08. The normalized spacial score (nSPS) is 40.4. The number of carbonyl (C=O) groups is 1. The second-order valence-corrected chi connectivity index (χ2v) is 6.44. The molecule has 0 aromatic rings. The van der Waals surface area contributed by atoms with Crippen molar-refractivity contribution in [3.05, 3.63) is 0 Å². The van der Waals surface area contributed by atoms with Crippen LogP contribution in [0.4, 0.5) is 0 Å². The van der Waals surface area contributed by atoms with Crippen LogP contribution in [0.5, 0.6) is 0 Å². The molecular weight excluding hydrogens is 206 g/mol. The summed E-state index contributed by atoms with van der Waals surface area (Å²) >= 11 is 0. The highest BCUT2D eigenvalue weighted by Gasteiger charge is 2.58. The van der Waals surface area contributed by atoms with E-state index >= 15 is 0 Å². The Morgan fingerprint density at radius 3 is 2.71 bits per heavy atom. The molecule has 2 rings (SSSR count). The monoisotopic (exact) mass is 219 g/mol. The van der Waals surface area contributed by atoms with Gasteiger partial charge in [-0.15, -0.1) is 0 Å². The first-order valence-electron chi connectivity index (χ1n) is 4.65. The molecule has 0 aromatic carbocycles. The van der Waals surface area contributed by atoms with E-state index in [-0.39, 0.29) is 12.2 Å². The first kappa shape index (κ1) is 9.92. The predicted molar refractivity (Wildman–Crippen MR) is 49.7 cm³/mol. The lowest BCUT2D eigenvalue weighted by molar-refractivity contribution is -0.142. The fourth-order valence-corrected chi connectivity index (χ4v) is 4.90. The fourth-order valence-electron chi connectivity index (χ4n) is 2.56. The molecule has 0 aromatic heterocycles. The average molecular weight is 219 g/mol.